The SMILES string of the molecule is CCC1(C(=O)C2CCOC2)CCNC1. The Morgan fingerprint density at radius 2 is 2.50 bits per heavy atom. The van der Waals surface area contributed by atoms with Gasteiger partial charge in [0.25, 0.3) is 0 Å². The summed E-state index contributed by atoms with van der Waals surface area (Å²) in [7, 11) is 0. The minimum atomic E-state index is -0.0711. The standard InChI is InChI=1S/C11H19NO2/c1-2-11(4-5-12-8-11)10(13)9-3-6-14-7-9/h9,12H,2-8H2,1H3. The topological polar surface area (TPSA) is 38.3 Å². The molecule has 3 nitrogen and oxygen atoms in total. The van der Waals surface area contributed by atoms with Gasteiger partial charge in [-0.2, -0.15) is 0 Å². The van der Waals surface area contributed by atoms with Crippen LogP contribution in [0.4, 0.5) is 0 Å². The van der Waals surface area contributed by atoms with Gasteiger partial charge in [0.2, 0.25) is 0 Å². The van der Waals surface area contributed by atoms with Crippen LogP contribution in [-0.4, -0.2) is 32.1 Å². The third-order valence-electron chi connectivity index (χ3n) is 3.74. The van der Waals surface area contributed by atoms with E-state index in [2.05, 4.69) is 12.2 Å². The first-order valence-corrected chi connectivity index (χ1v) is 5.61. The molecule has 80 valence electrons. The van der Waals surface area contributed by atoms with Crippen LogP contribution in [0.2, 0.25) is 0 Å². The molecule has 2 aliphatic heterocycles. The second kappa shape index (κ2) is 3.99. The van der Waals surface area contributed by atoms with Crippen LogP contribution in [0, 0.1) is 11.3 Å². The number of ketones is 1. The normalized spacial score (nSPS) is 37.6. The first-order valence-electron chi connectivity index (χ1n) is 5.61. The lowest BCUT2D eigenvalue weighted by Crippen LogP contribution is -2.37. The van der Waals surface area contributed by atoms with Crippen LogP contribution in [0.25, 0.3) is 0 Å². The highest BCUT2D eigenvalue weighted by molar-refractivity contribution is 5.88. The number of carbonyl (C=O) groups excluding carboxylic acids is 1. The van der Waals surface area contributed by atoms with Crippen molar-refractivity contribution in [2.75, 3.05) is 26.3 Å². The van der Waals surface area contributed by atoms with Crippen LogP contribution in [0.3, 0.4) is 0 Å². The van der Waals surface area contributed by atoms with Gasteiger partial charge in [-0.25, -0.2) is 0 Å². The van der Waals surface area contributed by atoms with Crippen molar-refractivity contribution in [2.45, 2.75) is 26.2 Å². The van der Waals surface area contributed by atoms with Crippen LogP contribution < -0.4 is 5.32 Å². The molecule has 0 aromatic carbocycles. The number of rotatable bonds is 3. The summed E-state index contributed by atoms with van der Waals surface area (Å²) in [4.78, 5) is 12.3. The molecule has 2 heterocycles. The predicted molar refractivity (Wildman–Crippen MR) is 54.1 cm³/mol. The Hall–Kier alpha value is -0.410. The lowest BCUT2D eigenvalue weighted by molar-refractivity contribution is -0.132. The van der Waals surface area contributed by atoms with Crippen molar-refractivity contribution in [3.63, 3.8) is 0 Å². The fourth-order valence-corrected chi connectivity index (χ4v) is 2.60. The molecule has 0 amide bonds. The Morgan fingerprint density at radius 3 is 3.00 bits per heavy atom. The summed E-state index contributed by atoms with van der Waals surface area (Å²) in [6.07, 6.45) is 2.91. The average Bonchev–Trinajstić information content (AvgIpc) is 2.89. The van der Waals surface area contributed by atoms with Gasteiger partial charge in [0.05, 0.1) is 6.61 Å². The molecule has 0 aromatic heterocycles. The molecule has 0 aliphatic carbocycles. The quantitative estimate of drug-likeness (QED) is 0.733. The second-order valence-electron chi connectivity index (χ2n) is 4.49. The maximum absolute atomic E-state index is 12.3. The molecule has 2 rings (SSSR count). The zero-order chi connectivity index (χ0) is 10.0. The predicted octanol–water partition coefficient (Wildman–Crippen LogP) is 0.982. The number of Topliss-reactive ketones (excluding diaryl/α,β-unsaturated/α-hetero) is 1. The Balaban J connectivity index is 2.06. The van der Waals surface area contributed by atoms with E-state index in [1.807, 2.05) is 0 Å². The number of nitrogens with one attached hydrogen (secondary N) is 1. The summed E-state index contributed by atoms with van der Waals surface area (Å²) in [5, 5.41) is 3.31. The lowest BCUT2D eigenvalue weighted by atomic mass is 9.75. The van der Waals surface area contributed by atoms with Gasteiger partial charge in [-0.05, 0) is 25.8 Å². The third-order valence-corrected chi connectivity index (χ3v) is 3.74. The van der Waals surface area contributed by atoms with E-state index in [1.165, 1.54) is 0 Å². The van der Waals surface area contributed by atoms with Gasteiger partial charge in [0.1, 0.15) is 5.78 Å². The molecule has 2 unspecified atom stereocenters. The second-order valence-corrected chi connectivity index (χ2v) is 4.49. The molecule has 1 N–H and O–H groups in total. The van der Waals surface area contributed by atoms with E-state index < -0.39 is 0 Å². The van der Waals surface area contributed by atoms with Crippen molar-refractivity contribution in [2.24, 2.45) is 11.3 Å². The van der Waals surface area contributed by atoms with E-state index in [-0.39, 0.29) is 11.3 Å². The molecule has 3 heteroatoms. The third kappa shape index (κ3) is 1.59. The van der Waals surface area contributed by atoms with Crippen molar-refractivity contribution in [1.29, 1.82) is 0 Å². The van der Waals surface area contributed by atoms with Crippen LogP contribution in [0.15, 0.2) is 0 Å². The summed E-state index contributed by atoms with van der Waals surface area (Å²) < 4.78 is 5.29. The van der Waals surface area contributed by atoms with Crippen LogP contribution in [0.1, 0.15) is 26.2 Å². The summed E-state index contributed by atoms with van der Waals surface area (Å²) >= 11 is 0. The van der Waals surface area contributed by atoms with Crippen molar-refractivity contribution in [3.05, 3.63) is 0 Å². The molecule has 14 heavy (non-hydrogen) atoms. The van der Waals surface area contributed by atoms with E-state index in [0.717, 1.165) is 39.0 Å². The Labute approximate surface area is 85.2 Å². The van der Waals surface area contributed by atoms with Gasteiger partial charge in [-0.3, -0.25) is 4.79 Å². The van der Waals surface area contributed by atoms with Gasteiger partial charge in [0, 0.05) is 24.5 Å². The summed E-state index contributed by atoms with van der Waals surface area (Å²) in [6, 6.07) is 0. The molecule has 0 bridgehead atoms. The van der Waals surface area contributed by atoms with E-state index in [0.29, 0.717) is 12.4 Å². The van der Waals surface area contributed by atoms with Crippen LogP contribution in [0.5, 0.6) is 0 Å². The minimum absolute atomic E-state index is 0.0711. The zero-order valence-corrected chi connectivity index (χ0v) is 8.84. The van der Waals surface area contributed by atoms with Crippen molar-refractivity contribution in [1.82, 2.24) is 5.32 Å². The first-order chi connectivity index (χ1) is 6.78. The molecule has 0 radical (unpaired) electrons. The molecule has 2 atom stereocenters. The zero-order valence-electron chi connectivity index (χ0n) is 8.84. The minimum Gasteiger partial charge on any atom is -0.381 e. The first kappa shape index (κ1) is 10.1. The van der Waals surface area contributed by atoms with Gasteiger partial charge in [-0.15, -0.1) is 0 Å². The Kier molecular flexibility index (Phi) is 2.88. The Bertz CT molecular complexity index is 215. The molecule has 2 fully saturated rings. The maximum Gasteiger partial charge on any atom is 0.145 e. The number of hydrogen-bond donors (Lipinski definition) is 1. The van der Waals surface area contributed by atoms with Crippen molar-refractivity contribution in [3.8, 4) is 0 Å². The fourth-order valence-electron chi connectivity index (χ4n) is 2.60. The van der Waals surface area contributed by atoms with E-state index in [4.69, 9.17) is 4.74 Å². The smallest absolute Gasteiger partial charge is 0.145 e. The van der Waals surface area contributed by atoms with Gasteiger partial charge in [-0.1, -0.05) is 6.92 Å². The Morgan fingerprint density at radius 1 is 1.64 bits per heavy atom. The van der Waals surface area contributed by atoms with E-state index >= 15 is 0 Å². The maximum atomic E-state index is 12.3. The molecular formula is C11H19NO2. The number of hydrogen-bond acceptors (Lipinski definition) is 3. The number of carbonyl (C=O) groups is 1. The highest BCUT2D eigenvalue weighted by Crippen LogP contribution is 2.35. The molecule has 0 saturated carbocycles. The highest BCUT2D eigenvalue weighted by atomic mass is 16.5. The van der Waals surface area contributed by atoms with Crippen LogP contribution in [-0.2, 0) is 9.53 Å². The van der Waals surface area contributed by atoms with E-state index in [9.17, 15) is 4.79 Å². The summed E-state index contributed by atoms with van der Waals surface area (Å²) in [5.41, 5.74) is -0.0711. The molecule has 0 spiro atoms. The molecule has 2 saturated heterocycles. The average molecular weight is 197 g/mol. The molecule has 0 aromatic rings. The largest absolute Gasteiger partial charge is 0.381 e. The molecule has 2 aliphatic rings. The lowest BCUT2D eigenvalue weighted by Gasteiger charge is -2.27. The van der Waals surface area contributed by atoms with Gasteiger partial charge < -0.3 is 10.1 Å². The highest BCUT2D eigenvalue weighted by Gasteiger charge is 2.43. The van der Waals surface area contributed by atoms with Crippen LogP contribution >= 0.6 is 0 Å². The summed E-state index contributed by atoms with van der Waals surface area (Å²) in [5.74, 6) is 0.623. The number of ether oxygens (including phenoxy) is 1. The fraction of sp³-hybridized carbons (Fsp3) is 0.909. The summed E-state index contributed by atoms with van der Waals surface area (Å²) in [6.45, 7) is 5.41. The molecular weight excluding hydrogens is 178 g/mol. The van der Waals surface area contributed by atoms with Crippen molar-refractivity contribution < 1.29 is 9.53 Å². The van der Waals surface area contributed by atoms with Gasteiger partial charge >= 0.3 is 0 Å². The monoisotopic (exact) mass is 197 g/mol. The van der Waals surface area contributed by atoms with Gasteiger partial charge in [0.15, 0.2) is 0 Å². The van der Waals surface area contributed by atoms with E-state index in [1.54, 1.807) is 0 Å². The van der Waals surface area contributed by atoms with Crippen molar-refractivity contribution >= 4 is 5.78 Å².